The van der Waals surface area contributed by atoms with Crippen LogP contribution in [0.25, 0.3) is 0 Å². The average Bonchev–Trinajstić information content (AvgIpc) is 2.34. The molecule has 0 spiro atoms. The van der Waals surface area contributed by atoms with E-state index in [1.165, 1.54) is 0 Å². The van der Waals surface area contributed by atoms with Crippen molar-refractivity contribution < 1.29 is 9.47 Å². The van der Waals surface area contributed by atoms with Gasteiger partial charge < -0.3 is 15.2 Å². The molecule has 17 heavy (non-hydrogen) atoms. The first-order valence-electron chi connectivity index (χ1n) is 5.11. The summed E-state index contributed by atoms with van der Waals surface area (Å²) in [6.45, 7) is 1.86. The summed E-state index contributed by atoms with van der Waals surface area (Å²) in [4.78, 5) is 0. The number of hydrogen-bond acceptors (Lipinski definition) is 5. The maximum absolute atomic E-state index is 5.70. The zero-order valence-electron chi connectivity index (χ0n) is 9.68. The Bertz CT molecular complexity index is 512. The van der Waals surface area contributed by atoms with Crippen molar-refractivity contribution >= 4 is 5.69 Å². The first-order valence-corrected chi connectivity index (χ1v) is 5.11. The number of benzene rings is 1. The lowest BCUT2D eigenvalue weighted by Crippen LogP contribution is -1.95. The van der Waals surface area contributed by atoms with Crippen molar-refractivity contribution in [3.63, 3.8) is 0 Å². The molecular weight excluding hydrogens is 218 g/mol. The third kappa shape index (κ3) is 2.63. The first-order chi connectivity index (χ1) is 8.19. The maximum atomic E-state index is 5.70. The van der Waals surface area contributed by atoms with Crippen molar-refractivity contribution in [2.24, 2.45) is 0 Å². The molecule has 2 N–H and O–H groups in total. The Labute approximate surface area is 99.2 Å². The van der Waals surface area contributed by atoms with E-state index in [0.717, 1.165) is 5.69 Å². The Balaban J connectivity index is 2.21. The number of methoxy groups -OCH3 is 1. The Morgan fingerprint density at radius 3 is 2.59 bits per heavy atom. The molecule has 1 aromatic carbocycles. The molecule has 0 radical (unpaired) electrons. The van der Waals surface area contributed by atoms with Crippen LogP contribution in [-0.2, 0) is 0 Å². The molecule has 0 amide bonds. The van der Waals surface area contributed by atoms with Crippen LogP contribution >= 0.6 is 0 Å². The highest BCUT2D eigenvalue weighted by Crippen LogP contribution is 2.28. The van der Waals surface area contributed by atoms with Gasteiger partial charge in [-0.15, -0.1) is 5.10 Å². The van der Waals surface area contributed by atoms with E-state index in [9.17, 15) is 0 Å². The Morgan fingerprint density at radius 2 is 1.94 bits per heavy atom. The lowest BCUT2D eigenvalue weighted by molar-refractivity contribution is 0.408. The second-order valence-electron chi connectivity index (χ2n) is 3.52. The van der Waals surface area contributed by atoms with Gasteiger partial charge in [-0.3, -0.25) is 0 Å². The summed E-state index contributed by atoms with van der Waals surface area (Å²) in [7, 11) is 1.56. The summed E-state index contributed by atoms with van der Waals surface area (Å²) in [6, 6.07) is 8.76. The SMILES string of the molecule is COc1cc(Oc2ccc(C)nn2)ccc1N. The zero-order valence-corrected chi connectivity index (χ0v) is 9.68. The van der Waals surface area contributed by atoms with Crippen LogP contribution in [0.4, 0.5) is 5.69 Å². The predicted octanol–water partition coefficient (Wildman–Crippen LogP) is 2.17. The van der Waals surface area contributed by atoms with Crippen molar-refractivity contribution in [3.05, 3.63) is 36.0 Å². The van der Waals surface area contributed by atoms with Gasteiger partial charge in [-0.2, -0.15) is 5.10 Å². The number of aromatic nitrogens is 2. The molecule has 1 heterocycles. The van der Waals surface area contributed by atoms with Gasteiger partial charge in [0.15, 0.2) is 0 Å². The van der Waals surface area contributed by atoms with Crippen LogP contribution in [0.5, 0.6) is 17.4 Å². The van der Waals surface area contributed by atoms with Crippen molar-refractivity contribution in [3.8, 4) is 17.4 Å². The molecule has 5 nitrogen and oxygen atoms in total. The maximum Gasteiger partial charge on any atom is 0.238 e. The quantitative estimate of drug-likeness (QED) is 0.820. The van der Waals surface area contributed by atoms with E-state index < -0.39 is 0 Å². The first kappa shape index (κ1) is 11.2. The van der Waals surface area contributed by atoms with Gasteiger partial charge >= 0.3 is 0 Å². The van der Waals surface area contributed by atoms with E-state index in [2.05, 4.69) is 10.2 Å². The molecule has 2 aromatic rings. The summed E-state index contributed by atoms with van der Waals surface area (Å²) in [5, 5.41) is 7.81. The number of nitrogen functional groups attached to an aromatic ring is 1. The molecular formula is C12H13N3O2. The third-order valence-corrected chi connectivity index (χ3v) is 2.20. The van der Waals surface area contributed by atoms with E-state index in [0.29, 0.717) is 23.1 Å². The summed E-state index contributed by atoms with van der Waals surface area (Å²) >= 11 is 0. The number of anilines is 1. The minimum Gasteiger partial charge on any atom is -0.494 e. The molecule has 0 atom stereocenters. The van der Waals surface area contributed by atoms with Crippen LogP contribution in [0.15, 0.2) is 30.3 Å². The molecule has 0 aliphatic heterocycles. The second kappa shape index (κ2) is 4.69. The fourth-order valence-electron chi connectivity index (χ4n) is 1.32. The van der Waals surface area contributed by atoms with Gasteiger partial charge in [-0.25, -0.2) is 0 Å². The summed E-state index contributed by atoms with van der Waals surface area (Å²) in [5.74, 6) is 1.61. The van der Waals surface area contributed by atoms with Gasteiger partial charge in [0.25, 0.3) is 0 Å². The van der Waals surface area contributed by atoms with Gasteiger partial charge in [0.1, 0.15) is 11.5 Å². The van der Waals surface area contributed by atoms with E-state index in [1.807, 2.05) is 13.0 Å². The van der Waals surface area contributed by atoms with Gasteiger partial charge in [-0.05, 0) is 25.1 Å². The van der Waals surface area contributed by atoms with E-state index >= 15 is 0 Å². The van der Waals surface area contributed by atoms with Crippen molar-refractivity contribution in [2.45, 2.75) is 6.92 Å². The highest BCUT2D eigenvalue weighted by atomic mass is 16.5. The van der Waals surface area contributed by atoms with Gasteiger partial charge in [-0.1, -0.05) is 0 Å². The van der Waals surface area contributed by atoms with E-state index in [1.54, 1.807) is 31.4 Å². The van der Waals surface area contributed by atoms with Gasteiger partial charge in [0, 0.05) is 12.1 Å². The third-order valence-electron chi connectivity index (χ3n) is 2.20. The minimum atomic E-state index is 0.433. The van der Waals surface area contributed by atoms with Crippen molar-refractivity contribution in [1.82, 2.24) is 10.2 Å². The molecule has 0 saturated heterocycles. The topological polar surface area (TPSA) is 70.3 Å². The molecule has 1 aromatic heterocycles. The normalized spacial score (nSPS) is 10.0. The number of hydrogen-bond donors (Lipinski definition) is 1. The fraction of sp³-hybridized carbons (Fsp3) is 0.167. The average molecular weight is 231 g/mol. The Kier molecular flexibility index (Phi) is 3.09. The van der Waals surface area contributed by atoms with E-state index in [4.69, 9.17) is 15.2 Å². The molecule has 2 rings (SSSR count). The Morgan fingerprint density at radius 1 is 1.12 bits per heavy atom. The summed E-state index contributed by atoms with van der Waals surface area (Å²) in [5.41, 5.74) is 7.11. The fourth-order valence-corrected chi connectivity index (χ4v) is 1.32. The summed E-state index contributed by atoms with van der Waals surface area (Å²) in [6.07, 6.45) is 0. The lowest BCUT2D eigenvalue weighted by Gasteiger charge is -2.08. The summed E-state index contributed by atoms with van der Waals surface area (Å²) < 4.78 is 10.6. The number of rotatable bonds is 3. The lowest BCUT2D eigenvalue weighted by atomic mass is 10.3. The highest BCUT2D eigenvalue weighted by Gasteiger charge is 2.04. The molecule has 0 aliphatic carbocycles. The molecule has 0 fully saturated rings. The number of aryl methyl sites for hydroxylation is 1. The number of nitrogens with two attached hydrogens (primary N) is 1. The van der Waals surface area contributed by atoms with Crippen LogP contribution < -0.4 is 15.2 Å². The molecule has 5 heteroatoms. The van der Waals surface area contributed by atoms with Gasteiger partial charge in [0.2, 0.25) is 5.88 Å². The highest BCUT2D eigenvalue weighted by molar-refractivity contribution is 5.55. The zero-order chi connectivity index (χ0) is 12.3. The minimum absolute atomic E-state index is 0.433. The van der Waals surface area contributed by atoms with E-state index in [-0.39, 0.29) is 0 Å². The van der Waals surface area contributed by atoms with Crippen LogP contribution in [0, 0.1) is 6.92 Å². The number of ether oxygens (including phenoxy) is 2. The van der Waals surface area contributed by atoms with Crippen molar-refractivity contribution in [1.29, 1.82) is 0 Å². The molecule has 88 valence electrons. The predicted molar refractivity (Wildman–Crippen MR) is 64.2 cm³/mol. The second-order valence-corrected chi connectivity index (χ2v) is 3.52. The molecule has 0 bridgehead atoms. The number of nitrogens with zero attached hydrogens (tertiary/aromatic N) is 2. The monoisotopic (exact) mass is 231 g/mol. The van der Waals surface area contributed by atoms with Gasteiger partial charge in [0.05, 0.1) is 18.5 Å². The standard InChI is InChI=1S/C12H13N3O2/c1-8-3-6-12(15-14-8)17-9-4-5-10(13)11(7-9)16-2/h3-7H,13H2,1-2H3. The van der Waals surface area contributed by atoms with Crippen LogP contribution in [-0.4, -0.2) is 17.3 Å². The van der Waals surface area contributed by atoms with Crippen LogP contribution in [0.1, 0.15) is 5.69 Å². The largest absolute Gasteiger partial charge is 0.494 e. The Hall–Kier alpha value is -2.30. The molecule has 0 aliphatic rings. The molecule has 0 unspecified atom stereocenters. The van der Waals surface area contributed by atoms with Crippen molar-refractivity contribution in [2.75, 3.05) is 12.8 Å². The van der Waals surface area contributed by atoms with Crippen LogP contribution in [0.3, 0.4) is 0 Å². The molecule has 0 saturated carbocycles. The smallest absolute Gasteiger partial charge is 0.238 e. The van der Waals surface area contributed by atoms with Crippen LogP contribution in [0.2, 0.25) is 0 Å².